The molecule has 0 heterocycles. The summed E-state index contributed by atoms with van der Waals surface area (Å²) < 4.78 is 35.8. The van der Waals surface area contributed by atoms with Gasteiger partial charge in [-0.25, -0.2) is 8.78 Å². The second-order valence-corrected chi connectivity index (χ2v) is 12.8. The first-order chi connectivity index (χ1) is 9.31. The van der Waals surface area contributed by atoms with Crippen LogP contribution in [0.25, 0.3) is 0 Å². The summed E-state index contributed by atoms with van der Waals surface area (Å²) in [6, 6.07) is 8.97. The molecule has 0 bridgehead atoms. The minimum atomic E-state index is -2.85. The van der Waals surface area contributed by atoms with Crippen molar-refractivity contribution >= 4 is 8.32 Å². The van der Waals surface area contributed by atoms with E-state index in [0.29, 0.717) is 5.56 Å². The molecule has 0 saturated heterocycles. The lowest BCUT2D eigenvalue weighted by Gasteiger charge is -2.40. The Morgan fingerprint density at radius 2 is 1.43 bits per heavy atom. The topological polar surface area (TPSA) is 9.23 Å². The first kappa shape index (κ1) is 16.6. The fourth-order valence-corrected chi connectivity index (χ4v) is 4.31. The van der Waals surface area contributed by atoms with Crippen LogP contribution in [0.4, 0.5) is 8.78 Å². The van der Waals surface area contributed by atoms with Gasteiger partial charge in [-0.05, 0) is 23.7 Å². The van der Waals surface area contributed by atoms with Crippen molar-refractivity contribution in [1.29, 1.82) is 0 Å². The molecule has 1 nitrogen and oxygen atoms in total. The van der Waals surface area contributed by atoms with Gasteiger partial charge in [0.05, 0.1) is 5.41 Å². The molecule has 2 rings (SSSR count). The van der Waals surface area contributed by atoms with Crippen LogP contribution in [0.1, 0.15) is 40.2 Å². The molecule has 0 radical (unpaired) electrons. The Balaban J connectivity index is 2.53. The Morgan fingerprint density at radius 1 is 1.00 bits per heavy atom. The lowest BCUT2D eigenvalue weighted by Crippen LogP contribution is -2.46. The third kappa shape index (κ3) is 2.02. The molecule has 0 amide bonds. The normalized spacial score (nSPS) is 27.5. The number of benzene rings is 1. The van der Waals surface area contributed by atoms with Crippen molar-refractivity contribution in [3.63, 3.8) is 0 Å². The molecule has 1 aromatic carbocycles. The maximum atomic E-state index is 14.7. The molecule has 118 valence electrons. The van der Waals surface area contributed by atoms with E-state index < -0.39 is 25.3 Å². The van der Waals surface area contributed by atoms with Crippen LogP contribution in [0.5, 0.6) is 0 Å². The van der Waals surface area contributed by atoms with Crippen LogP contribution in [0.15, 0.2) is 30.3 Å². The van der Waals surface area contributed by atoms with E-state index in [9.17, 15) is 8.78 Å². The number of halogens is 2. The Bertz CT molecular complexity index is 515. The van der Waals surface area contributed by atoms with Crippen molar-refractivity contribution in [2.75, 3.05) is 0 Å². The van der Waals surface area contributed by atoms with E-state index in [1.54, 1.807) is 38.1 Å². The lowest BCUT2D eigenvalue weighted by atomic mass is 9.99. The fourth-order valence-electron chi connectivity index (χ4n) is 2.73. The first-order valence-corrected chi connectivity index (χ1v) is 10.4. The fraction of sp³-hybridized carbons (Fsp3) is 0.647. The third-order valence-corrected chi connectivity index (χ3v) is 9.87. The molecule has 0 spiro atoms. The molecule has 0 aliphatic heterocycles. The summed E-state index contributed by atoms with van der Waals surface area (Å²) in [5.41, 5.74) is -2.09. The van der Waals surface area contributed by atoms with Crippen molar-refractivity contribution in [3.05, 3.63) is 35.9 Å². The van der Waals surface area contributed by atoms with Crippen LogP contribution in [-0.4, -0.2) is 14.2 Å². The summed E-state index contributed by atoms with van der Waals surface area (Å²) in [5.74, 6) is -2.85. The average Bonchev–Trinajstić information content (AvgIpc) is 2.67. The summed E-state index contributed by atoms with van der Waals surface area (Å²) >= 11 is 0. The molecule has 1 aliphatic rings. The zero-order valence-corrected chi connectivity index (χ0v) is 15.1. The predicted octanol–water partition coefficient (Wildman–Crippen LogP) is 5.58. The predicted molar refractivity (Wildman–Crippen MR) is 85.1 cm³/mol. The van der Waals surface area contributed by atoms with Crippen LogP contribution in [0.3, 0.4) is 0 Å². The highest BCUT2D eigenvalue weighted by Crippen LogP contribution is 2.76. The average molecular weight is 312 g/mol. The minimum Gasteiger partial charge on any atom is -0.401 e. The highest BCUT2D eigenvalue weighted by Gasteiger charge is 2.89. The Kier molecular flexibility index (Phi) is 3.47. The van der Waals surface area contributed by atoms with Crippen LogP contribution in [0, 0.1) is 5.41 Å². The van der Waals surface area contributed by atoms with E-state index in [-0.39, 0.29) is 5.04 Å². The summed E-state index contributed by atoms with van der Waals surface area (Å²) in [4.78, 5) is 0. The van der Waals surface area contributed by atoms with Crippen LogP contribution in [0.2, 0.25) is 18.1 Å². The number of hydrogen-bond donors (Lipinski definition) is 0. The Hall–Kier alpha value is -0.743. The number of alkyl halides is 2. The molecule has 1 aliphatic carbocycles. The van der Waals surface area contributed by atoms with Crippen LogP contribution >= 0.6 is 0 Å². The van der Waals surface area contributed by atoms with E-state index in [2.05, 4.69) is 20.8 Å². The Morgan fingerprint density at radius 3 is 1.76 bits per heavy atom. The van der Waals surface area contributed by atoms with Crippen molar-refractivity contribution in [2.45, 2.75) is 64.3 Å². The molecule has 0 aromatic heterocycles. The van der Waals surface area contributed by atoms with Gasteiger partial charge in [-0.15, -0.1) is 0 Å². The van der Waals surface area contributed by atoms with E-state index in [0.717, 1.165) is 0 Å². The highest BCUT2D eigenvalue weighted by molar-refractivity contribution is 6.74. The molecule has 21 heavy (non-hydrogen) atoms. The quantitative estimate of drug-likeness (QED) is 0.662. The van der Waals surface area contributed by atoms with Crippen molar-refractivity contribution in [3.8, 4) is 0 Å². The standard InChI is InChI=1S/C17H26F2OSi/c1-14(2,3)21(6,7)20-16(13-11-9-8-10-12-13)15(4,5)17(16,18)19/h8-12H,1-7H3. The summed E-state index contributed by atoms with van der Waals surface area (Å²) in [5, 5.41) is -0.108. The molecule has 1 aromatic rings. The monoisotopic (exact) mass is 312 g/mol. The smallest absolute Gasteiger partial charge is 0.288 e. The van der Waals surface area contributed by atoms with E-state index in [1.807, 2.05) is 19.2 Å². The molecular formula is C17H26F2OSi. The van der Waals surface area contributed by atoms with Gasteiger partial charge < -0.3 is 4.43 Å². The van der Waals surface area contributed by atoms with Crippen molar-refractivity contribution < 1.29 is 13.2 Å². The highest BCUT2D eigenvalue weighted by atomic mass is 28.4. The van der Waals surface area contributed by atoms with Crippen molar-refractivity contribution in [2.24, 2.45) is 5.41 Å². The second-order valence-electron chi connectivity index (χ2n) is 8.11. The third-order valence-electron chi connectivity index (χ3n) is 5.44. The first-order valence-electron chi connectivity index (χ1n) is 7.45. The van der Waals surface area contributed by atoms with Gasteiger partial charge in [0.25, 0.3) is 5.92 Å². The van der Waals surface area contributed by atoms with Gasteiger partial charge in [0.2, 0.25) is 0 Å². The number of rotatable bonds is 3. The summed E-state index contributed by atoms with van der Waals surface area (Å²) in [6.45, 7) is 13.5. The van der Waals surface area contributed by atoms with Gasteiger partial charge in [0.1, 0.15) is 0 Å². The van der Waals surface area contributed by atoms with Crippen LogP contribution in [-0.2, 0) is 10.0 Å². The van der Waals surface area contributed by atoms with Crippen LogP contribution < -0.4 is 0 Å². The molecule has 1 fully saturated rings. The lowest BCUT2D eigenvalue weighted by molar-refractivity contribution is -0.000604. The van der Waals surface area contributed by atoms with Gasteiger partial charge in [-0.1, -0.05) is 65.0 Å². The van der Waals surface area contributed by atoms with E-state index in [4.69, 9.17) is 4.43 Å². The molecular weight excluding hydrogens is 286 g/mol. The maximum absolute atomic E-state index is 14.7. The Labute approximate surface area is 127 Å². The van der Waals surface area contributed by atoms with Gasteiger partial charge in [0.15, 0.2) is 13.9 Å². The maximum Gasteiger partial charge on any atom is 0.288 e. The number of hydrogen-bond acceptors (Lipinski definition) is 1. The summed E-state index contributed by atoms with van der Waals surface area (Å²) in [7, 11) is -2.32. The van der Waals surface area contributed by atoms with E-state index in [1.165, 1.54) is 0 Å². The SMILES string of the molecule is CC1(C)C(F)(F)C1(O[Si](C)(C)C(C)(C)C)c1ccccc1. The zero-order valence-electron chi connectivity index (χ0n) is 14.1. The zero-order chi connectivity index (χ0) is 16.3. The second kappa shape index (κ2) is 4.39. The minimum absolute atomic E-state index is 0.108. The molecule has 0 N–H and O–H groups in total. The van der Waals surface area contributed by atoms with Gasteiger partial charge in [-0.3, -0.25) is 0 Å². The van der Waals surface area contributed by atoms with Crippen molar-refractivity contribution in [1.82, 2.24) is 0 Å². The largest absolute Gasteiger partial charge is 0.401 e. The van der Waals surface area contributed by atoms with Gasteiger partial charge in [-0.2, -0.15) is 0 Å². The summed E-state index contributed by atoms with van der Waals surface area (Å²) in [6.07, 6.45) is 0. The molecule has 1 atom stereocenters. The molecule has 4 heteroatoms. The molecule has 1 unspecified atom stereocenters. The molecule has 1 saturated carbocycles. The van der Waals surface area contributed by atoms with E-state index >= 15 is 0 Å². The van der Waals surface area contributed by atoms with Gasteiger partial charge >= 0.3 is 0 Å². The van der Waals surface area contributed by atoms with Gasteiger partial charge in [0, 0.05) is 0 Å².